The summed E-state index contributed by atoms with van der Waals surface area (Å²) in [6.45, 7) is 2.59. The van der Waals surface area contributed by atoms with Gasteiger partial charge in [0.25, 0.3) is 11.7 Å². The van der Waals surface area contributed by atoms with E-state index in [4.69, 9.17) is 9.47 Å². The normalized spacial score (nSPS) is 19.0. The van der Waals surface area contributed by atoms with Crippen molar-refractivity contribution in [3.63, 3.8) is 0 Å². The summed E-state index contributed by atoms with van der Waals surface area (Å²) in [7, 11) is 1.55. The smallest absolute Gasteiger partial charge is 0.300 e. The molecular formula is C28H25NO5. The minimum Gasteiger partial charge on any atom is -0.507 e. The number of aryl methyl sites for hydroxylation is 2. The van der Waals surface area contributed by atoms with Crippen LogP contribution in [-0.2, 0) is 16.0 Å². The van der Waals surface area contributed by atoms with Crippen LogP contribution >= 0.6 is 0 Å². The van der Waals surface area contributed by atoms with Crippen molar-refractivity contribution in [1.82, 2.24) is 0 Å². The number of hydrogen-bond acceptors (Lipinski definition) is 5. The van der Waals surface area contributed by atoms with Crippen LogP contribution in [0.4, 0.5) is 5.69 Å². The third-order valence-corrected chi connectivity index (χ3v) is 6.44. The van der Waals surface area contributed by atoms with Crippen molar-refractivity contribution in [2.45, 2.75) is 25.8 Å². The van der Waals surface area contributed by atoms with Crippen molar-refractivity contribution < 1.29 is 24.2 Å². The molecule has 0 radical (unpaired) electrons. The zero-order chi connectivity index (χ0) is 23.8. The van der Waals surface area contributed by atoms with Crippen LogP contribution in [0.1, 0.15) is 34.7 Å². The van der Waals surface area contributed by atoms with Crippen LogP contribution in [0.3, 0.4) is 0 Å². The number of amides is 1. The fraction of sp³-hybridized carbons (Fsp3) is 0.214. The lowest BCUT2D eigenvalue weighted by molar-refractivity contribution is -0.132. The minimum atomic E-state index is -0.777. The second-order valence-corrected chi connectivity index (χ2v) is 8.50. The van der Waals surface area contributed by atoms with Crippen LogP contribution < -0.4 is 14.4 Å². The van der Waals surface area contributed by atoms with Gasteiger partial charge in [-0.3, -0.25) is 14.5 Å². The van der Waals surface area contributed by atoms with E-state index in [2.05, 4.69) is 0 Å². The van der Waals surface area contributed by atoms with Crippen molar-refractivity contribution in [1.29, 1.82) is 0 Å². The van der Waals surface area contributed by atoms with Crippen molar-refractivity contribution >= 4 is 23.1 Å². The van der Waals surface area contributed by atoms with E-state index in [1.54, 1.807) is 37.4 Å². The summed E-state index contributed by atoms with van der Waals surface area (Å²) >= 11 is 0. The molecule has 1 atom stereocenters. The van der Waals surface area contributed by atoms with Gasteiger partial charge in [0.1, 0.15) is 17.3 Å². The van der Waals surface area contributed by atoms with Gasteiger partial charge in [0.15, 0.2) is 0 Å². The third kappa shape index (κ3) is 3.61. The Morgan fingerprint density at radius 2 is 1.88 bits per heavy atom. The van der Waals surface area contributed by atoms with E-state index in [9.17, 15) is 14.7 Å². The van der Waals surface area contributed by atoms with E-state index < -0.39 is 17.7 Å². The predicted octanol–water partition coefficient (Wildman–Crippen LogP) is 4.95. The number of ether oxygens (including phenoxy) is 2. The molecule has 6 heteroatoms. The molecule has 6 nitrogen and oxygen atoms in total. The summed E-state index contributed by atoms with van der Waals surface area (Å²) in [4.78, 5) is 28.2. The van der Waals surface area contributed by atoms with Crippen LogP contribution in [0.2, 0.25) is 0 Å². The highest BCUT2D eigenvalue weighted by Gasteiger charge is 2.47. The summed E-state index contributed by atoms with van der Waals surface area (Å²) in [6.07, 6.45) is 1.72. The standard InChI is InChI=1S/C28H25NO5/c1-17-7-3-4-11-22(17)25-24(26(30)19-12-13-23-18(15-19)8-6-14-34-23)27(31)28(32)29(25)20-9-5-10-21(16-20)33-2/h3-5,7,9-13,15-16,25,30H,6,8,14H2,1-2H3/b26-24+. The lowest BCUT2D eigenvalue weighted by Gasteiger charge is -2.27. The Hall–Kier alpha value is -4.06. The lowest BCUT2D eigenvalue weighted by Crippen LogP contribution is -2.29. The van der Waals surface area contributed by atoms with Gasteiger partial charge >= 0.3 is 0 Å². The first-order valence-corrected chi connectivity index (χ1v) is 11.3. The van der Waals surface area contributed by atoms with Gasteiger partial charge < -0.3 is 14.6 Å². The highest BCUT2D eigenvalue weighted by Crippen LogP contribution is 2.44. The summed E-state index contributed by atoms with van der Waals surface area (Å²) < 4.78 is 11.0. The number of ketones is 1. The van der Waals surface area contributed by atoms with E-state index in [0.717, 1.165) is 35.3 Å². The number of hydrogen-bond donors (Lipinski definition) is 1. The van der Waals surface area contributed by atoms with Crippen LogP contribution in [0.15, 0.2) is 72.3 Å². The first-order chi connectivity index (χ1) is 16.5. The number of Topliss-reactive ketones (excluding diaryl/α,β-unsaturated/α-hetero) is 1. The molecule has 5 rings (SSSR count). The molecule has 1 unspecified atom stereocenters. The average molecular weight is 456 g/mol. The molecule has 0 aromatic heterocycles. The number of nitrogens with zero attached hydrogens (tertiary/aromatic N) is 1. The van der Waals surface area contributed by atoms with Crippen molar-refractivity contribution in [3.8, 4) is 11.5 Å². The first-order valence-electron chi connectivity index (χ1n) is 11.3. The second kappa shape index (κ2) is 8.71. The molecule has 0 bridgehead atoms. The maximum absolute atomic E-state index is 13.4. The Balaban J connectivity index is 1.71. The molecule has 0 saturated carbocycles. The minimum absolute atomic E-state index is 0.0683. The molecule has 2 aliphatic heterocycles. The molecule has 3 aromatic carbocycles. The van der Waals surface area contributed by atoms with Gasteiger partial charge in [0, 0.05) is 17.3 Å². The number of fused-ring (bicyclic) bond motifs is 1. The number of benzene rings is 3. The van der Waals surface area contributed by atoms with E-state index in [1.807, 2.05) is 43.3 Å². The monoisotopic (exact) mass is 455 g/mol. The van der Waals surface area contributed by atoms with Crippen LogP contribution in [0.25, 0.3) is 5.76 Å². The van der Waals surface area contributed by atoms with Gasteiger partial charge in [0.2, 0.25) is 0 Å². The van der Waals surface area contributed by atoms with E-state index >= 15 is 0 Å². The third-order valence-electron chi connectivity index (χ3n) is 6.44. The van der Waals surface area contributed by atoms with E-state index in [0.29, 0.717) is 23.6 Å². The van der Waals surface area contributed by atoms with Gasteiger partial charge in [-0.15, -0.1) is 0 Å². The van der Waals surface area contributed by atoms with E-state index in [-0.39, 0.29) is 11.3 Å². The largest absolute Gasteiger partial charge is 0.507 e. The Bertz CT molecular complexity index is 1330. The Labute approximate surface area is 198 Å². The molecular weight excluding hydrogens is 430 g/mol. The van der Waals surface area contributed by atoms with Gasteiger partial charge in [-0.1, -0.05) is 30.3 Å². The van der Waals surface area contributed by atoms with Crippen LogP contribution in [0, 0.1) is 6.92 Å². The van der Waals surface area contributed by atoms with Crippen LogP contribution in [-0.4, -0.2) is 30.5 Å². The maximum Gasteiger partial charge on any atom is 0.300 e. The van der Waals surface area contributed by atoms with E-state index in [1.165, 1.54) is 4.90 Å². The van der Waals surface area contributed by atoms with Crippen molar-refractivity contribution in [2.75, 3.05) is 18.6 Å². The molecule has 34 heavy (non-hydrogen) atoms. The zero-order valence-corrected chi connectivity index (χ0v) is 19.1. The molecule has 1 saturated heterocycles. The molecule has 2 aliphatic rings. The highest BCUT2D eigenvalue weighted by atomic mass is 16.5. The molecule has 2 heterocycles. The molecule has 1 amide bonds. The highest BCUT2D eigenvalue weighted by molar-refractivity contribution is 6.51. The topological polar surface area (TPSA) is 76.1 Å². The number of carbonyl (C=O) groups is 2. The Kier molecular flexibility index (Phi) is 5.57. The maximum atomic E-state index is 13.4. The fourth-order valence-electron chi connectivity index (χ4n) is 4.71. The summed E-state index contributed by atoms with van der Waals surface area (Å²) in [5.41, 5.74) is 3.74. The number of aliphatic hydroxyl groups excluding tert-OH is 1. The van der Waals surface area contributed by atoms with Gasteiger partial charge in [0.05, 0.1) is 25.3 Å². The van der Waals surface area contributed by atoms with Gasteiger partial charge in [-0.2, -0.15) is 0 Å². The molecule has 1 N–H and O–H groups in total. The van der Waals surface area contributed by atoms with Gasteiger partial charge in [-0.25, -0.2) is 0 Å². The lowest BCUT2D eigenvalue weighted by atomic mass is 9.91. The summed E-state index contributed by atoms with van der Waals surface area (Å²) in [5, 5.41) is 11.4. The Morgan fingerprint density at radius 3 is 2.68 bits per heavy atom. The number of methoxy groups -OCH3 is 1. The molecule has 0 spiro atoms. The SMILES string of the molecule is COc1cccc(N2C(=O)C(=O)/C(=C(/O)c3ccc4c(c3)CCCO4)C2c2ccccc2C)c1. The molecule has 172 valence electrons. The molecule has 0 aliphatic carbocycles. The number of aliphatic hydroxyl groups is 1. The number of anilines is 1. The first kappa shape index (κ1) is 21.8. The number of carbonyl (C=O) groups excluding carboxylic acids is 2. The quantitative estimate of drug-likeness (QED) is 0.342. The zero-order valence-electron chi connectivity index (χ0n) is 19.1. The van der Waals surface area contributed by atoms with Crippen molar-refractivity contribution in [2.24, 2.45) is 0 Å². The predicted molar refractivity (Wildman–Crippen MR) is 129 cm³/mol. The van der Waals surface area contributed by atoms with Crippen molar-refractivity contribution in [3.05, 3.63) is 94.6 Å². The average Bonchev–Trinajstić information content (AvgIpc) is 3.13. The fourth-order valence-corrected chi connectivity index (χ4v) is 4.71. The summed E-state index contributed by atoms with van der Waals surface area (Å²) in [5.74, 6) is -0.245. The second-order valence-electron chi connectivity index (χ2n) is 8.50. The Morgan fingerprint density at radius 1 is 1.06 bits per heavy atom. The van der Waals surface area contributed by atoms with Gasteiger partial charge in [-0.05, 0) is 66.8 Å². The number of rotatable bonds is 4. The summed E-state index contributed by atoms with van der Waals surface area (Å²) in [6, 6.07) is 19.2. The molecule has 3 aromatic rings. The van der Waals surface area contributed by atoms with Crippen LogP contribution in [0.5, 0.6) is 11.5 Å². The molecule has 1 fully saturated rings.